The van der Waals surface area contributed by atoms with E-state index in [1.54, 1.807) is 8.61 Å². The molecule has 2 aliphatic rings. The first-order valence-corrected chi connectivity index (χ1v) is 7.03. The molecule has 0 bridgehead atoms. The number of rotatable bonds is 5. The van der Waals surface area contributed by atoms with Crippen LogP contribution in [0.4, 0.5) is 0 Å². The second-order valence-corrected chi connectivity index (χ2v) is 6.13. The molecule has 0 spiro atoms. The lowest BCUT2D eigenvalue weighted by atomic mass is 10.4. The standard InChI is InChI=1S/C9H19N3O2S/c10-5-8-12(9-3-4-9)15(13,14)11-6-1-2-7-11/h9H,1-8,10H2. The highest BCUT2D eigenvalue weighted by Gasteiger charge is 2.40. The van der Waals surface area contributed by atoms with Crippen molar-refractivity contribution in [3.05, 3.63) is 0 Å². The molecule has 0 aromatic heterocycles. The van der Waals surface area contributed by atoms with E-state index in [4.69, 9.17) is 5.73 Å². The molecule has 1 saturated heterocycles. The first-order chi connectivity index (χ1) is 7.16. The van der Waals surface area contributed by atoms with E-state index in [-0.39, 0.29) is 6.04 Å². The molecule has 0 amide bonds. The minimum atomic E-state index is -3.21. The van der Waals surface area contributed by atoms with Gasteiger partial charge in [0.15, 0.2) is 0 Å². The number of nitrogens with zero attached hydrogens (tertiary/aromatic N) is 2. The van der Waals surface area contributed by atoms with E-state index in [0.717, 1.165) is 25.7 Å². The fraction of sp³-hybridized carbons (Fsp3) is 1.00. The number of hydrogen-bond donors (Lipinski definition) is 1. The van der Waals surface area contributed by atoms with Gasteiger partial charge in [0.05, 0.1) is 0 Å². The van der Waals surface area contributed by atoms with Gasteiger partial charge in [0.1, 0.15) is 0 Å². The van der Waals surface area contributed by atoms with Gasteiger partial charge in [-0.1, -0.05) is 0 Å². The Morgan fingerprint density at radius 1 is 1.27 bits per heavy atom. The highest BCUT2D eigenvalue weighted by Crippen LogP contribution is 2.31. The third-order valence-corrected chi connectivity index (χ3v) is 5.08. The normalized spacial score (nSPS) is 23.9. The summed E-state index contributed by atoms with van der Waals surface area (Å²) in [5.41, 5.74) is 5.47. The minimum Gasteiger partial charge on any atom is -0.329 e. The lowest BCUT2D eigenvalue weighted by Gasteiger charge is -2.26. The van der Waals surface area contributed by atoms with Crippen LogP contribution in [0.1, 0.15) is 25.7 Å². The Balaban J connectivity index is 2.09. The van der Waals surface area contributed by atoms with Crippen molar-refractivity contribution in [2.75, 3.05) is 26.2 Å². The van der Waals surface area contributed by atoms with Crippen molar-refractivity contribution in [2.24, 2.45) is 5.73 Å². The zero-order chi connectivity index (χ0) is 10.9. The molecule has 6 heteroatoms. The molecule has 2 N–H and O–H groups in total. The van der Waals surface area contributed by atoms with Gasteiger partial charge in [-0.05, 0) is 25.7 Å². The highest BCUT2D eigenvalue weighted by atomic mass is 32.2. The van der Waals surface area contributed by atoms with E-state index in [9.17, 15) is 8.42 Å². The van der Waals surface area contributed by atoms with E-state index in [1.165, 1.54) is 0 Å². The molecule has 88 valence electrons. The van der Waals surface area contributed by atoms with Crippen molar-refractivity contribution in [2.45, 2.75) is 31.7 Å². The monoisotopic (exact) mass is 233 g/mol. The van der Waals surface area contributed by atoms with Crippen LogP contribution in [0.3, 0.4) is 0 Å². The van der Waals surface area contributed by atoms with Crippen LogP contribution in [0, 0.1) is 0 Å². The van der Waals surface area contributed by atoms with Gasteiger partial charge in [-0.3, -0.25) is 0 Å². The molecule has 0 atom stereocenters. The predicted molar refractivity (Wildman–Crippen MR) is 58.5 cm³/mol. The topological polar surface area (TPSA) is 66.6 Å². The summed E-state index contributed by atoms with van der Waals surface area (Å²) in [7, 11) is -3.21. The van der Waals surface area contributed by atoms with Crippen molar-refractivity contribution >= 4 is 10.2 Å². The van der Waals surface area contributed by atoms with Crippen molar-refractivity contribution in [3.63, 3.8) is 0 Å². The van der Waals surface area contributed by atoms with Gasteiger partial charge in [0, 0.05) is 32.2 Å². The third-order valence-electron chi connectivity index (χ3n) is 2.99. The quantitative estimate of drug-likeness (QED) is 0.712. The molecule has 15 heavy (non-hydrogen) atoms. The van der Waals surface area contributed by atoms with Gasteiger partial charge in [-0.25, -0.2) is 0 Å². The molecule has 0 aromatic rings. The lowest BCUT2D eigenvalue weighted by molar-refractivity contribution is 0.358. The number of nitrogens with two attached hydrogens (primary N) is 1. The van der Waals surface area contributed by atoms with Crippen LogP contribution in [0.25, 0.3) is 0 Å². The molecule has 1 aliphatic heterocycles. The Labute approximate surface area is 91.4 Å². The van der Waals surface area contributed by atoms with Gasteiger partial charge in [-0.15, -0.1) is 0 Å². The maximum Gasteiger partial charge on any atom is 0.282 e. The van der Waals surface area contributed by atoms with Crippen LogP contribution in [0.5, 0.6) is 0 Å². The molecule has 0 unspecified atom stereocenters. The Morgan fingerprint density at radius 3 is 2.33 bits per heavy atom. The van der Waals surface area contributed by atoms with Crippen LogP contribution in [0.2, 0.25) is 0 Å². The van der Waals surface area contributed by atoms with Crippen molar-refractivity contribution < 1.29 is 8.42 Å². The fourth-order valence-corrected chi connectivity index (χ4v) is 3.98. The van der Waals surface area contributed by atoms with Crippen LogP contribution in [-0.4, -0.2) is 49.2 Å². The zero-order valence-corrected chi connectivity index (χ0v) is 9.75. The van der Waals surface area contributed by atoms with Crippen LogP contribution >= 0.6 is 0 Å². The Hall–Kier alpha value is -0.170. The van der Waals surface area contributed by atoms with Gasteiger partial charge in [0.25, 0.3) is 10.2 Å². The molecule has 0 aromatic carbocycles. The second kappa shape index (κ2) is 4.37. The first kappa shape index (κ1) is 11.3. The fourth-order valence-electron chi connectivity index (χ4n) is 2.04. The molecule has 1 heterocycles. The molecular formula is C9H19N3O2S. The summed E-state index contributed by atoms with van der Waals surface area (Å²) in [5.74, 6) is 0. The van der Waals surface area contributed by atoms with Gasteiger partial charge < -0.3 is 5.73 Å². The van der Waals surface area contributed by atoms with E-state index in [2.05, 4.69) is 0 Å². The third kappa shape index (κ3) is 2.33. The average Bonchev–Trinajstić information content (AvgIpc) is 2.86. The molecule has 2 rings (SSSR count). The maximum absolute atomic E-state index is 12.2. The Kier molecular flexibility index (Phi) is 3.30. The molecular weight excluding hydrogens is 214 g/mol. The van der Waals surface area contributed by atoms with Gasteiger partial charge in [-0.2, -0.15) is 17.0 Å². The van der Waals surface area contributed by atoms with Crippen molar-refractivity contribution in [1.29, 1.82) is 0 Å². The van der Waals surface area contributed by atoms with Crippen LogP contribution < -0.4 is 5.73 Å². The molecule has 1 saturated carbocycles. The second-order valence-electron chi connectivity index (χ2n) is 4.24. The first-order valence-electron chi connectivity index (χ1n) is 5.63. The summed E-state index contributed by atoms with van der Waals surface area (Å²) in [5, 5.41) is 0. The van der Waals surface area contributed by atoms with E-state index in [0.29, 0.717) is 26.2 Å². The maximum atomic E-state index is 12.2. The zero-order valence-electron chi connectivity index (χ0n) is 8.93. The molecule has 0 radical (unpaired) electrons. The summed E-state index contributed by atoms with van der Waals surface area (Å²) in [6.07, 6.45) is 3.96. The molecule has 5 nitrogen and oxygen atoms in total. The van der Waals surface area contributed by atoms with Crippen LogP contribution in [-0.2, 0) is 10.2 Å². The summed E-state index contributed by atoms with van der Waals surface area (Å²) in [4.78, 5) is 0. The van der Waals surface area contributed by atoms with Crippen LogP contribution in [0.15, 0.2) is 0 Å². The summed E-state index contributed by atoms with van der Waals surface area (Å²) >= 11 is 0. The van der Waals surface area contributed by atoms with Gasteiger partial charge >= 0.3 is 0 Å². The largest absolute Gasteiger partial charge is 0.329 e. The summed E-state index contributed by atoms with van der Waals surface area (Å²) < 4.78 is 27.6. The SMILES string of the molecule is NCCN(C1CC1)S(=O)(=O)N1CCCC1. The van der Waals surface area contributed by atoms with E-state index in [1.807, 2.05) is 0 Å². The van der Waals surface area contributed by atoms with Gasteiger partial charge in [0.2, 0.25) is 0 Å². The van der Waals surface area contributed by atoms with Crippen molar-refractivity contribution in [1.82, 2.24) is 8.61 Å². The minimum absolute atomic E-state index is 0.221. The Morgan fingerprint density at radius 2 is 1.87 bits per heavy atom. The Bertz CT molecular complexity index is 307. The van der Waals surface area contributed by atoms with E-state index < -0.39 is 10.2 Å². The van der Waals surface area contributed by atoms with Crippen molar-refractivity contribution in [3.8, 4) is 0 Å². The lowest BCUT2D eigenvalue weighted by Crippen LogP contribution is -2.45. The van der Waals surface area contributed by atoms with E-state index >= 15 is 0 Å². The average molecular weight is 233 g/mol. The summed E-state index contributed by atoms with van der Waals surface area (Å²) in [6, 6.07) is 0.221. The smallest absolute Gasteiger partial charge is 0.282 e. The molecule has 1 aliphatic carbocycles. The molecule has 2 fully saturated rings. The number of hydrogen-bond acceptors (Lipinski definition) is 3. The predicted octanol–water partition coefficient (Wildman–Crippen LogP) is -0.250. The highest BCUT2D eigenvalue weighted by molar-refractivity contribution is 7.86. The summed E-state index contributed by atoms with van der Waals surface area (Å²) in [6.45, 7) is 2.22.